The second-order valence-electron chi connectivity index (χ2n) is 8.53. The molecule has 1 heterocycles. The molecular weight excluding hydrogens is 439 g/mol. The van der Waals surface area contributed by atoms with Crippen molar-refractivity contribution in [3.63, 3.8) is 0 Å². The fraction of sp³-hybridized carbons (Fsp3) is 0.167. The molecule has 35 heavy (non-hydrogen) atoms. The maximum atomic E-state index is 13.6. The molecule has 4 nitrogen and oxygen atoms in total. The van der Waals surface area contributed by atoms with Crippen molar-refractivity contribution in [2.75, 3.05) is 19.1 Å². The van der Waals surface area contributed by atoms with Crippen LogP contribution in [0.4, 0.5) is 10.1 Å². The summed E-state index contributed by atoms with van der Waals surface area (Å²) >= 11 is 0. The van der Waals surface area contributed by atoms with Crippen LogP contribution in [0.5, 0.6) is 11.5 Å². The molecule has 0 spiro atoms. The third-order valence-electron chi connectivity index (χ3n) is 6.48. The number of aliphatic imine (C=N–C) groups is 1. The molecule has 5 rings (SSSR count). The molecule has 0 saturated carbocycles. The second-order valence-corrected chi connectivity index (χ2v) is 8.53. The van der Waals surface area contributed by atoms with Crippen LogP contribution in [0.15, 0.2) is 102 Å². The van der Waals surface area contributed by atoms with Gasteiger partial charge in [0.25, 0.3) is 0 Å². The van der Waals surface area contributed by atoms with Gasteiger partial charge >= 0.3 is 0 Å². The Morgan fingerprint density at radius 3 is 1.69 bits per heavy atom. The Kier molecular flexibility index (Phi) is 6.23. The standard InChI is InChI=1S/C30H27FN2O2/c1-20-29(23-4-12-25(31)13-5-23)32-30(24-10-18-28(35-3)19-11-24)33(20)26-14-6-21(7-15-26)22-8-16-27(34-2)17-9-22/h4-20,30H,1-3H3. The smallest absolute Gasteiger partial charge is 0.148 e. The normalized spacial score (nSPS) is 17.3. The van der Waals surface area contributed by atoms with Crippen molar-refractivity contribution in [2.24, 2.45) is 4.99 Å². The van der Waals surface area contributed by atoms with Gasteiger partial charge in [-0.3, -0.25) is 4.99 Å². The molecule has 4 aromatic carbocycles. The van der Waals surface area contributed by atoms with Crippen molar-refractivity contribution in [1.29, 1.82) is 0 Å². The van der Waals surface area contributed by atoms with Crippen LogP contribution in [0, 0.1) is 5.82 Å². The first-order chi connectivity index (χ1) is 17.1. The Morgan fingerprint density at radius 2 is 1.14 bits per heavy atom. The van der Waals surface area contributed by atoms with Gasteiger partial charge in [0.2, 0.25) is 0 Å². The Hall–Kier alpha value is -4.12. The highest BCUT2D eigenvalue weighted by atomic mass is 19.1. The van der Waals surface area contributed by atoms with Gasteiger partial charge in [-0.05, 0) is 77.7 Å². The Bertz CT molecular complexity index is 1320. The van der Waals surface area contributed by atoms with E-state index >= 15 is 0 Å². The molecule has 0 N–H and O–H groups in total. The zero-order valence-corrected chi connectivity index (χ0v) is 20.0. The zero-order chi connectivity index (χ0) is 24.4. The molecule has 0 saturated heterocycles. The maximum absolute atomic E-state index is 13.6. The van der Waals surface area contributed by atoms with Crippen LogP contribution < -0.4 is 14.4 Å². The van der Waals surface area contributed by atoms with Gasteiger partial charge in [0.1, 0.15) is 23.5 Å². The first kappa shape index (κ1) is 22.7. The van der Waals surface area contributed by atoms with Gasteiger partial charge < -0.3 is 14.4 Å². The first-order valence-corrected chi connectivity index (χ1v) is 11.6. The topological polar surface area (TPSA) is 34.1 Å². The number of ether oxygens (including phenoxy) is 2. The van der Waals surface area contributed by atoms with Crippen molar-refractivity contribution < 1.29 is 13.9 Å². The van der Waals surface area contributed by atoms with Gasteiger partial charge in [-0.15, -0.1) is 0 Å². The number of hydrogen-bond acceptors (Lipinski definition) is 4. The Morgan fingerprint density at radius 1 is 0.657 bits per heavy atom. The third-order valence-corrected chi connectivity index (χ3v) is 6.48. The highest BCUT2D eigenvalue weighted by Gasteiger charge is 2.35. The van der Waals surface area contributed by atoms with E-state index in [4.69, 9.17) is 14.5 Å². The van der Waals surface area contributed by atoms with E-state index in [1.807, 2.05) is 36.4 Å². The average molecular weight is 467 g/mol. The number of methoxy groups -OCH3 is 2. The van der Waals surface area contributed by atoms with Crippen LogP contribution in [-0.4, -0.2) is 26.0 Å². The van der Waals surface area contributed by atoms with Gasteiger partial charge in [0.05, 0.1) is 26.0 Å². The fourth-order valence-electron chi connectivity index (χ4n) is 4.57. The summed E-state index contributed by atoms with van der Waals surface area (Å²) in [5.41, 5.74) is 6.25. The van der Waals surface area contributed by atoms with Crippen LogP contribution in [-0.2, 0) is 0 Å². The van der Waals surface area contributed by atoms with Gasteiger partial charge in [-0.1, -0.05) is 48.5 Å². The summed E-state index contributed by atoms with van der Waals surface area (Å²) in [4.78, 5) is 7.42. The van der Waals surface area contributed by atoms with Crippen molar-refractivity contribution in [3.05, 3.63) is 114 Å². The molecule has 2 unspecified atom stereocenters. The molecule has 0 fully saturated rings. The van der Waals surface area contributed by atoms with Gasteiger partial charge in [-0.25, -0.2) is 4.39 Å². The second kappa shape index (κ2) is 9.63. The lowest BCUT2D eigenvalue weighted by molar-refractivity contribution is 0.414. The minimum absolute atomic E-state index is 0.000556. The molecular formula is C30H27FN2O2. The van der Waals surface area contributed by atoms with Gasteiger partial charge in [0, 0.05) is 5.69 Å². The lowest BCUT2D eigenvalue weighted by atomic mass is 10.0. The molecule has 0 aliphatic carbocycles. The van der Waals surface area contributed by atoms with Gasteiger partial charge in [-0.2, -0.15) is 0 Å². The number of halogens is 1. The van der Waals surface area contributed by atoms with Crippen LogP contribution >= 0.6 is 0 Å². The van der Waals surface area contributed by atoms with Crippen LogP contribution in [0.25, 0.3) is 11.1 Å². The summed E-state index contributed by atoms with van der Waals surface area (Å²) in [7, 11) is 3.33. The predicted octanol–water partition coefficient (Wildman–Crippen LogP) is 6.91. The van der Waals surface area contributed by atoms with Crippen molar-refractivity contribution in [1.82, 2.24) is 0 Å². The lowest BCUT2D eigenvalue weighted by Gasteiger charge is -2.30. The minimum atomic E-state index is -0.252. The largest absolute Gasteiger partial charge is 0.497 e. The minimum Gasteiger partial charge on any atom is -0.497 e. The maximum Gasteiger partial charge on any atom is 0.148 e. The number of benzene rings is 4. The quantitative estimate of drug-likeness (QED) is 0.310. The molecule has 176 valence electrons. The fourth-order valence-corrected chi connectivity index (χ4v) is 4.57. The number of nitrogens with zero attached hydrogens (tertiary/aromatic N) is 2. The monoisotopic (exact) mass is 466 g/mol. The Labute approximate surface area is 205 Å². The van der Waals surface area contributed by atoms with Crippen molar-refractivity contribution in [2.45, 2.75) is 19.1 Å². The number of rotatable bonds is 6. The zero-order valence-electron chi connectivity index (χ0n) is 20.0. The molecule has 1 aliphatic heterocycles. The molecule has 0 amide bonds. The molecule has 5 heteroatoms. The molecule has 1 aliphatic rings. The summed E-state index contributed by atoms with van der Waals surface area (Å²) in [6.45, 7) is 2.14. The summed E-state index contributed by atoms with van der Waals surface area (Å²) in [5, 5.41) is 0. The summed E-state index contributed by atoms with van der Waals surface area (Å²) in [5.74, 6) is 1.39. The third kappa shape index (κ3) is 4.50. The van der Waals surface area contributed by atoms with Gasteiger partial charge in [0.15, 0.2) is 0 Å². The van der Waals surface area contributed by atoms with Crippen LogP contribution in [0.1, 0.15) is 24.2 Å². The van der Waals surface area contributed by atoms with E-state index in [1.165, 1.54) is 12.1 Å². The van der Waals surface area contributed by atoms with E-state index < -0.39 is 0 Å². The summed E-state index contributed by atoms with van der Waals surface area (Å²) in [6, 6.07) is 31.1. The first-order valence-electron chi connectivity index (χ1n) is 11.6. The van der Waals surface area contributed by atoms with E-state index in [0.29, 0.717) is 0 Å². The molecule has 0 bridgehead atoms. The van der Waals surface area contributed by atoms with Crippen LogP contribution in [0.2, 0.25) is 0 Å². The molecule has 0 radical (unpaired) electrons. The van der Waals surface area contributed by atoms with Crippen molar-refractivity contribution >= 4 is 11.4 Å². The molecule has 4 aromatic rings. The average Bonchev–Trinajstić information content (AvgIpc) is 3.26. The highest BCUT2D eigenvalue weighted by molar-refractivity contribution is 6.07. The predicted molar refractivity (Wildman–Crippen MR) is 139 cm³/mol. The van der Waals surface area contributed by atoms with E-state index in [1.54, 1.807) is 26.4 Å². The van der Waals surface area contributed by atoms with Crippen LogP contribution in [0.3, 0.4) is 0 Å². The Balaban J connectivity index is 1.51. The van der Waals surface area contributed by atoms with E-state index in [2.05, 4.69) is 48.2 Å². The van der Waals surface area contributed by atoms with E-state index in [9.17, 15) is 4.39 Å². The van der Waals surface area contributed by atoms with Crippen molar-refractivity contribution in [3.8, 4) is 22.6 Å². The summed E-state index contributed by atoms with van der Waals surface area (Å²) < 4.78 is 24.2. The van der Waals surface area contributed by atoms with E-state index in [0.717, 1.165) is 45.2 Å². The number of anilines is 1. The molecule has 2 atom stereocenters. The SMILES string of the molecule is COc1ccc(-c2ccc(N3C(C)C(c4ccc(F)cc4)=NC3c3ccc(OC)cc3)cc2)cc1. The number of hydrogen-bond donors (Lipinski definition) is 0. The lowest BCUT2D eigenvalue weighted by Crippen LogP contribution is -2.35. The summed E-state index contributed by atoms with van der Waals surface area (Å²) in [6.07, 6.45) is -0.206. The highest BCUT2D eigenvalue weighted by Crippen LogP contribution is 2.38. The molecule has 0 aromatic heterocycles. The van der Waals surface area contributed by atoms with E-state index in [-0.39, 0.29) is 18.0 Å².